The van der Waals surface area contributed by atoms with Crippen LogP contribution < -0.4 is 5.32 Å². The average molecular weight is 320 g/mol. The minimum atomic E-state index is 0.373. The Bertz CT molecular complexity index is 362. The molecule has 0 saturated heterocycles. The molecule has 0 fully saturated rings. The van der Waals surface area contributed by atoms with E-state index in [1.54, 1.807) is 5.97 Å². The van der Waals surface area contributed by atoms with Gasteiger partial charge < -0.3 is 0 Å². The Morgan fingerprint density at radius 1 is 1.33 bits per heavy atom. The Hall–Kier alpha value is -0.445. The minimum absolute atomic E-state index is 0.373. The van der Waals surface area contributed by atoms with Crippen molar-refractivity contribution < 1.29 is 0 Å². The quantitative estimate of drug-likeness (QED) is 0.176. The summed E-state index contributed by atoms with van der Waals surface area (Å²) in [7, 11) is 5.41. The first-order valence-electron chi connectivity index (χ1n) is 7.33. The van der Waals surface area contributed by atoms with Crippen molar-refractivity contribution in [1.29, 1.82) is 0 Å². The van der Waals surface area contributed by atoms with Gasteiger partial charge in [-0.15, -0.1) is 0 Å². The maximum absolute atomic E-state index is 5.41. The summed E-state index contributed by atoms with van der Waals surface area (Å²) in [6.07, 6.45) is 18.3. The second kappa shape index (κ2) is 15.9. The molecule has 0 saturated carbocycles. The van der Waals surface area contributed by atoms with Gasteiger partial charge in [0.2, 0.25) is 0 Å². The van der Waals surface area contributed by atoms with Gasteiger partial charge in [-0.2, -0.15) is 0 Å². The van der Waals surface area contributed by atoms with Crippen LogP contribution in [0.3, 0.4) is 0 Å². The van der Waals surface area contributed by atoms with Gasteiger partial charge in [-0.1, -0.05) is 0 Å². The Kier molecular flexibility index (Phi) is 15.6. The monoisotopic (exact) mass is 320 g/mol. The number of allylic oxidation sites excluding steroid dienone is 3. The van der Waals surface area contributed by atoms with Gasteiger partial charge in [0, 0.05) is 0 Å². The predicted molar refractivity (Wildman–Crippen MR) is 106 cm³/mol. The van der Waals surface area contributed by atoms with Crippen LogP contribution in [0, 0.1) is 5.92 Å². The summed E-state index contributed by atoms with van der Waals surface area (Å²) in [6, 6.07) is 0. The Morgan fingerprint density at radius 3 is 2.81 bits per heavy atom. The van der Waals surface area contributed by atoms with Gasteiger partial charge in [0.1, 0.15) is 0 Å². The fourth-order valence-electron chi connectivity index (χ4n) is 1.72. The molecule has 1 unspecified atom stereocenters. The van der Waals surface area contributed by atoms with E-state index in [-0.39, 0.29) is 0 Å². The number of unbranched alkanes of at least 4 members (excludes halogenated alkanes) is 2. The molecule has 1 radical (unpaired) electrons. The number of rotatable bonds is 13. The van der Waals surface area contributed by atoms with Gasteiger partial charge in [-0.25, -0.2) is 0 Å². The molecule has 115 valence electrons. The Morgan fingerprint density at radius 2 is 2.14 bits per heavy atom. The molecule has 0 aromatic heterocycles. The van der Waals surface area contributed by atoms with Crippen molar-refractivity contribution in [3.8, 4) is 0 Å². The summed E-state index contributed by atoms with van der Waals surface area (Å²) in [5.74, 6) is 3.20. The van der Waals surface area contributed by atoms with Gasteiger partial charge in [0.15, 0.2) is 0 Å². The zero-order valence-electron chi connectivity index (χ0n) is 13.0. The van der Waals surface area contributed by atoms with Crippen molar-refractivity contribution in [3.63, 3.8) is 0 Å². The Labute approximate surface area is 141 Å². The summed E-state index contributed by atoms with van der Waals surface area (Å²) in [6.45, 7) is 5.42. The van der Waals surface area contributed by atoms with Crippen LogP contribution in [0.5, 0.6) is 0 Å². The molecule has 0 spiro atoms. The molecule has 1 atom stereocenters. The first kappa shape index (κ1) is 20.6. The molecular formula is C17H27BNS2. The van der Waals surface area contributed by atoms with E-state index in [2.05, 4.69) is 49.0 Å². The number of nitrogens with one attached hydrogen (secondary N) is 1. The van der Waals surface area contributed by atoms with Crippen molar-refractivity contribution in [3.05, 3.63) is 47.9 Å². The summed E-state index contributed by atoms with van der Waals surface area (Å²) in [5.41, 5.74) is 0. The molecule has 0 aromatic carbocycles. The molecule has 0 rings (SSSR count). The molecule has 1 nitrogen and oxygen atoms in total. The van der Waals surface area contributed by atoms with E-state index in [9.17, 15) is 0 Å². The zero-order chi connectivity index (χ0) is 15.8. The third-order valence-electron chi connectivity index (χ3n) is 2.77. The average Bonchev–Trinajstić information content (AvgIpc) is 2.46. The van der Waals surface area contributed by atoms with Gasteiger partial charge in [-0.3, -0.25) is 0 Å². The summed E-state index contributed by atoms with van der Waals surface area (Å²) in [5, 5.41) is 3.39. The molecule has 0 bridgehead atoms. The van der Waals surface area contributed by atoms with Crippen molar-refractivity contribution in [2.45, 2.75) is 19.3 Å². The topological polar surface area (TPSA) is 12.0 Å². The Balaban J connectivity index is 4.02. The maximum atomic E-state index is 5.41. The van der Waals surface area contributed by atoms with E-state index >= 15 is 0 Å². The van der Waals surface area contributed by atoms with E-state index < -0.39 is 0 Å². The third-order valence-corrected chi connectivity index (χ3v) is 3.62. The molecule has 0 amide bonds. The van der Waals surface area contributed by atoms with Crippen molar-refractivity contribution in [1.82, 2.24) is 5.32 Å². The van der Waals surface area contributed by atoms with Crippen LogP contribution in [0.2, 0.25) is 0 Å². The van der Waals surface area contributed by atoms with E-state index in [0.717, 1.165) is 24.4 Å². The van der Waals surface area contributed by atoms with Crippen LogP contribution in [0.4, 0.5) is 0 Å². The predicted octanol–water partition coefficient (Wildman–Crippen LogP) is 3.81. The molecule has 1 N–H and O–H groups in total. The molecule has 21 heavy (non-hydrogen) atoms. The van der Waals surface area contributed by atoms with Gasteiger partial charge in [0.25, 0.3) is 0 Å². The van der Waals surface area contributed by atoms with Crippen molar-refractivity contribution in [2.75, 3.05) is 25.1 Å². The number of thiol groups is 1. The van der Waals surface area contributed by atoms with E-state index in [1.165, 1.54) is 18.6 Å². The fourth-order valence-corrected chi connectivity index (χ4v) is 2.31. The van der Waals surface area contributed by atoms with Crippen LogP contribution in [0.1, 0.15) is 19.3 Å². The van der Waals surface area contributed by atoms with E-state index in [1.807, 2.05) is 30.0 Å². The summed E-state index contributed by atoms with van der Waals surface area (Å²) < 4.78 is 0. The van der Waals surface area contributed by atoms with Crippen molar-refractivity contribution >= 4 is 37.8 Å². The van der Waals surface area contributed by atoms with E-state index in [4.69, 9.17) is 7.49 Å². The zero-order valence-corrected chi connectivity index (χ0v) is 14.7. The van der Waals surface area contributed by atoms with Crippen LogP contribution in [0.15, 0.2) is 47.9 Å². The molecule has 0 aromatic rings. The molecule has 0 heterocycles. The van der Waals surface area contributed by atoms with Gasteiger partial charge in [-0.05, 0) is 0 Å². The van der Waals surface area contributed by atoms with Crippen LogP contribution >= 0.6 is 24.4 Å². The molecule has 0 aliphatic heterocycles. The molecular weight excluding hydrogens is 293 g/mol. The number of hydrogen-bond donors (Lipinski definition) is 2. The molecule has 0 aliphatic carbocycles. The van der Waals surface area contributed by atoms with Gasteiger partial charge >= 0.3 is 141 Å². The number of thioether (sulfide) groups is 1. The number of hydrogen-bond acceptors (Lipinski definition) is 3. The SMILES string of the molecule is [B]=CC=CC(/C=C\CCCCSC)CNC/C=C\C(=C)S. The second-order valence-corrected chi connectivity index (χ2v) is 6.27. The standard InChI is InChI=1S/C17H27BNS2/c1-16(20)9-8-13-19-15-17(11-7-12-18)10-5-3-4-6-14-21-2/h5,7-12,17,19-20H,1,3-4,6,13-15H2,2H3/b9-8-,10-5-,11-7?. The summed E-state index contributed by atoms with van der Waals surface area (Å²) >= 11 is 6.03. The molecule has 0 aliphatic rings. The van der Waals surface area contributed by atoms with E-state index in [0.29, 0.717) is 5.92 Å². The normalized spacial score (nSPS) is 13.4. The molecule has 4 heteroatoms. The third kappa shape index (κ3) is 15.8. The second-order valence-electron chi connectivity index (χ2n) is 4.71. The fraction of sp³-hybridized carbons (Fsp3) is 0.471. The first-order valence-corrected chi connectivity index (χ1v) is 9.17. The summed E-state index contributed by atoms with van der Waals surface area (Å²) in [4.78, 5) is 0.774. The van der Waals surface area contributed by atoms with Crippen LogP contribution in [-0.2, 0) is 0 Å². The van der Waals surface area contributed by atoms with Crippen LogP contribution in [-0.4, -0.2) is 38.6 Å². The van der Waals surface area contributed by atoms with Gasteiger partial charge in [0.05, 0.1) is 0 Å². The van der Waals surface area contributed by atoms with Crippen molar-refractivity contribution in [2.24, 2.45) is 5.92 Å². The van der Waals surface area contributed by atoms with Crippen LogP contribution in [0.25, 0.3) is 0 Å². The first-order chi connectivity index (χ1) is 10.2.